The average molecular weight is 447 g/mol. The zero-order valence-electron chi connectivity index (χ0n) is 18.3. The van der Waals surface area contributed by atoms with Gasteiger partial charge in [-0.3, -0.25) is 19.9 Å². The minimum atomic E-state index is -0.390. The van der Waals surface area contributed by atoms with E-state index < -0.39 is 0 Å². The van der Waals surface area contributed by atoms with Gasteiger partial charge in [0, 0.05) is 56.9 Å². The average Bonchev–Trinajstić information content (AvgIpc) is 2.87. The zero-order valence-corrected chi connectivity index (χ0v) is 18.3. The lowest BCUT2D eigenvalue weighted by Crippen LogP contribution is -2.48. The van der Waals surface area contributed by atoms with Crippen LogP contribution >= 0.6 is 0 Å². The second kappa shape index (κ2) is 9.99. The van der Waals surface area contributed by atoms with E-state index in [1.54, 1.807) is 48.7 Å². The summed E-state index contributed by atoms with van der Waals surface area (Å²) in [6, 6.07) is 16.0. The number of hydrogen-bond donors (Lipinski definition) is 1. The molecule has 9 heteroatoms. The van der Waals surface area contributed by atoms with Crippen LogP contribution < -0.4 is 15.0 Å². The molecular weight excluding hydrogens is 422 g/mol. The van der Waals surface area contributed by atoms with Gasteiger partial charge in [0.15, 0.2) is 0 Å². The Balaban J connectivity index is 1.45. The van der Waals surface area contributed by atoms with Crippen molar-refractivity contribution in [3.63, 3.8) is 0 Å². The van der Waals surface area contributed by atoms with E-state index in [0.29, 0.717) is 49.7 Å². The predicted octanol–water partition coefficient (Wildman–Crippen LogP) is 3.57. The molecule has 9 nitrogen and oxygen atoms in total. The lowest BCUT2D eigenvalue weighted by Gasteiger charge is -2.36. The van der Waals surface area contributed by atoms with Gasteiger partial charge in [-0.25, -0.2) is 0 Å². The summed E-state index contributed by atoms with van der Waals surface area (Å²) in [7, 11) is 1.55. The molecule has 170 valence electrons. The number of anilines is 2. The third-order valence-electron chi connectivity index (χ3n) is 5.65. The molecule has 1 fully saturated rings. The number of carbonyl (C=O) groups excluding carboxylic acids is 1. The molecule has 1 aromatic heterocycles. The SMILES string of the molecule is COc1ccccc1C(=O)N1CCN(c2ccc([N+](=O)[O-])c(NCc3cccnc3)c2)CC1. The number of amides is 1. The van der Waals surface area contributed by atoms with Crippen molar-refractivity contribution in [1.29, 1.82) is 0 Å². The molecule has 0 radical (unpaired) electrons. The zero-order chi connectivity index (χ0) is 23.2. The maximum absolute atomic E-state index is 13.0. The summed E-state index contributed by atoms with van der Waals surface area (Å²) >= 11 is 0. The number of carbonyl (C=O) groups is 1. The summed E-state index contributed by atoms with van der Waals surface area (Å²) in [5.41, 5.74) is 2.83. The highest BCUT2D eigenvalue weighted by molar-refractivity contribution is 5.97. The number of nitro benzene ring substituents is 1. The van der Waals surface area contributed by atoms with Crippen molar-refractivity contribution in [3.8, 4) is 5.75 Å². The molecule has 2 heterocycles. The summed E-state index contributed by atoms with van der Waals surface area (Å²) in [6.45, 7) is 2.78. The van der Waals surface area contributed by atoms with Crippen molar-refractivity contribution < 1.29 is 14.5 Å². The molecule has 0 spiro atoms. The smallest absolute Gasteiger partial charge is 0.292 e. The molecule has 1 saturated heterocycles. The second-order valence-electron chi connectivity index (χ2n) is 7.65. The van der Waals surface area contributed by atoms with Crippen LogP contribution in [-0.2, 0) is 6.54 Å². The summed E-state index contributed by atoms with van der Waals surface area (Å²) in [6.07, 6.45) is 3.41. The van der Waals surface area contributed by atoms with Gasteiger partial charge >= 0.3 is 0 Å². The number of benzene rings is 2. The minimum absolute atomic E-state index is 0.0210. The van der Waals surface area contributed by atoms with Crippen molar-refractivity contribution in [2.24, 2.45) is 0 Å². The molecule has 1 N–H and O–H groups in total. The fourth-order valence-electron chi connectivity index (χ4n) is 3.88. The first-order valence-corrected chi connectivity index (χ1v) is 10.7. The van der Waals surface area contributed by atoms with Crippen LogP contribution in [0, 0.1) is 10.1 Å². The van der Waals surface area contributed by atoms with Crippen molar-refractivity contribution in [2.45, 2.75) is 6.54 Å². The lowest BCUT2D eigenvalue weighted by molar-refractivity contribution is -0.384. The molecule has 0 saturated carbocycles. The number of nitrogens with one attached hydrogen (secondary N) is 1. The Kier molecular flexibility index (Phi) is 6.68. The van der Waals surface area contributed by atoms with Gasteiger partial charge in [-0.1, -0.05) is 18.2 Å². The fraction of sp³-hybridized carbons (Fsp3) is 0.250. The van der Waals surface area contributed by atoms with Crippen LogP contribution in [-0.4, -0.2) is 54.0 Å². The number of rotatable bonds is 7. The van der Waals surface area contributed by atoms with Gasteiger partial charge in [-0.2, -0.15) is 0 Å². The number of nitro groups is 1. The van der Waals surface area contributed by atoms with Crippen molar-refractivity contribution in [3.05, 3.63) is 88.2 Å². The predicted molar refractivity (Wildman–Crippen MR) is 126 cm³/mol. The number of nitrogens with zero attached hydrogens (tertiary/aromatic N) is 4. The van der Waals surface area contributed by atoms with E-state index in [9.17, 15) is 14.9 Å². The van der Waals surface area contributed by atoms with Gasteiger partial charge < -0.3 is 19.9 Å². The van der Waals surface area contributed by atoms with E-state index in [1.807, 2.05) is 24.3 Å². The fourth-order valence-corrected chi connectivity index (χ4v) is 3.88. The van der Waals surface area contributed by atoms with Crippen LogP contribution in [0.1, 0.15) is 15.9 Å². The Morgan fingerprint density at radius 2 is 1.91 bits per heavy atom. The van der Waals surface area contributed by atoms with Crippen LogP contribution in [0.5, 0.6) is 5.75 Å². The molecule has 0 unspecified atom stereocenters. The number of ether oxygens (including phenoxy) is 1. The largest absolute Gasteiger partial charge is 0.496 e. The molecule has 2 aromatic carbocycles. The molecular formula is C24H25N5O4. The number of aromatic nitrogens is 1. The van der Waals surface area contributed by atoms with Gasteiger partial charge in [-0.05, 0) is 35.9 Å². The topological polar surface area (TPSA) is 101 Å². The lowest BCUT2D eigenvalue weighted by atomic mass is 10.1. The van der Waals surface area contributed by atoms with E-state index in [2.05, 4.69) is 15.2 Å². The first kappa shape index (κ1) is 22.1. The third-order valence-corrected chi connectivity index (χ3v) is 5.65. The molecule has 1 aliphatic rings. The Bertz CT molecular complexity index is 1130. The molecule has 33 heavy (non-hydrogen) atoms. The summed E-state index contributed by atoms with van der Waals surface area (Å²) in [5, 5.41) is 14.7. The molecule has 1 aliphatic heterocycles. The van der Waals surface area contributed by atoms with Crippen LogP contribution in [0.4, 0.5) is 17.1 Å². The van der Waals surface area contributed by atoms with E-state index in [-0.39, 0.29) is 16.5 Å². The maximum atomic E-state index is 13.0. The van der Waals surface area contributed by atoms with Crippen molar-refractivity contribution in [2.75, 3.05) is 43.5 Å². The minimum Gasteiger partial charge on any atom is -0.496 e. The maximum Gasteiger partial charge on any atom is 0.292 e. The van der Waals surface area contributed by atoms with Crippen LogP contribution in [0.15, 0.2) is 67.0 Å². The molecule has 3 aromatic rings. The van der Waals surface area contributed by atoms with E-state index in [4.69, 9.17) is 4.74 Å². The number of methoxy groups -OCH3 is 1. The van der Waals surface area contributed by atoms with Gasteiger partial charge in [0.05, 0.1) is 17.6 Å². The first-order chi connectivity index (χ1) is 16.1. The Morgan fingerprint density at radius 1 is 1.12 bits per heavy atom. The number of pyridine rings is 1. The van der Waals surface area contributed by atoms with Gasteiger partial charge in [0.2, 0.25) is 0 Å². The number of piperazine rings is 1. The molecule has 0 aliphatic carbocycles. The normalized spacial score (nSPS) is 13.5. The van der Waals surface area contributed by atoms with Crippen molar-refractivity contribution >= 4 is 23.0 Å². The van der Waals surface area contributed by atoms with Crippen molar-refractivity contribution in [1.82, 2.24) is 9.88 Å². The highest BCUT2D eigenvalue weighted by Crippen LogP contribution is 2.31. The Labute approximate surface area is 191 Å². The first-order valence-electron chi connectivity index (χ1n) is 10.7. The third kappa shape index (κ3) is 5.03. The molecule has 1 amide bonds. The Hall–Kier alpha value is -4.14. The quantitative estimate of drug-likeness (QED) is 0.436. The van der Waals surface area contributed by atoms with Crippen LogP contribution in [0.25, 0.3) is 0 Å². The summed E-state index contributed by atoms with van der Waals surface area (Å²) in [5.74, 6) is 0.499. The Morgan fingerprint density at radius 3 is 2.61 bits per heavy atom. The van der Waals surface area contributed by atoms with E-state index >= 15 is 0 Å². The van der Waals surface area contributed by atoms with Crippen LogP contribution in [0.3, 0.4) is 0 Å². The van der Waals surface area contributed by atoms with Crippen LogP contribution in [0.2, 0.25) is 0 Å². The molecule has 0 atom stereocenters. The number of hydrogen-bond acceptors (Lipinski definition) is 7. The van der Waals surface area contributed by atoms with E-state index in [0.717, 1.165) is 11.3 Å². The van der Waals surface area contributed by atoms with Gasteiger partial charge in [0.25, 0.3) is 11.6 Å². The molecule has 4 rings (SSSR count). The van der Waals surface area contributed by atoms with E-state index in [1.165, 1.54) is 6.07 Å². The van der Waals surface area contributed by atoms with Gasteiger partial charge in [0.1, 0.15) is 11.4 Å². The highest BCUT2D eigenvalue weighted by atomic mass is 16.6. The van der Waals surface area contributed by atoms with Gasteiger partial charge in [-0.15, -0.1) is 0 Å². The molecule has 0 bridgehead atoms. The summed E-state index contributed by atoms with van der Waals surface area (Å²) in [4.78, 5) is 32.1. The highest BCUT2D eigenvalue weighted by Gasteiger charge is 2.25. The monoisotopic (exact) mass is 447 g/mol. The standard InChI is InChI=1S/C24H25N5O4/c1-33-23-7-3-2-6-20(23)24(30)28-13-11-27(12-14-28)19-8-9-22(29(31)32)21(15-19)26-17-18-5-4-10-25-16-18/h2-10,15-16,26H,11-14,17H2,1H3. The second-order valence-corrected chi connectivity index (χ2v) is 7.65. The summed E-state index contributed by atoms with van der Waals surface area (Å²) < 4.78 is 5.32. The number of para-hydroxylation sites is 1.